The van der Waals surface area contributed by atoms with Gasteiger partial charge < -0.3 is 15.1 Å². The number of hydrogen-bond acceptors (Lipinski definition) is 8. The van der Waals surface area contributed by atoms with Gasteiger partial charge in [0.25, 0.3) is 5.91 Å². The highest BCUT2D eigenvalue weighted by molar-refractivity contribution is 7.07. The Morgan fingerprint density at radius 2 is 1.82 bits per heavy atom. The molecule has 1 aliphatic heterocycles. The molecule has 190 valence electrons. The standard InChI is InChI=1S/C22H36N6O5S/c1-6-7-8-16(13-28(33)14-29)19(30)23-18(22(3,4)5)21(32)27-11-9-26(10-12-27)20(31)17-15(2)24-25-34-17/h14,16,18,33H,6-13H2,1-5H3,(H,23,30)/t16?,18-/m1/s1. The van der Waals surface area contributed by atoms with Crippen LogP contribution >= 0.6 is 11.5 Å². The van der Waals surface area contributed by atoms with Crippen LogP contribution in [-0.4, -0.2) is 92.6 Å². The number of nitrogens with one attached hydrogen (secondary N) is 1. The highest BCUT2D eigenvalue weighted by Crippen LogP contribution is 2.24. The molecule has 4 amide bonds. The second-order valence-corrected chi connectivity index (χ2v) is 10.4. The van der Waals surface area contributed by atoms with Gasteiger partial charge in [0.15, 0.2) is 0 Å². The van der Waals surface area contributed by atoms with Crippen molar-refractivity contribution in [2.75, 3.05) is 32.7 Å². The van der Waals surface area contributed by atoms with Gasteiger partial charge in [0.2, 0.25) is 18.2 Å². The summed E-state index contributed by atoms with van der Waals surface area (Å²) in [6.45, 7) is 10.7. The first kappa shape index (κ1) is 27.6. The molecular formula is C22H36N6O5S. The second kappa shape index (κ2) is 12.2. The number of unbranched alkanes of at least 4 members (excludes halogenated alkanes) is 1. The van der Waals surface area contributed by atoms with Gasteiger partial charge >= 0.3 is 0 Å². The van der Waals surface area contributed by atoms with E-state index in [1.807, 2.05) is 27.7 Å². The smallest absolute Gasteiger partial charge is 0.267 e. The van der Waals surface area contributed by atoms with Gasteiger partial charge in [-0.25, -0.2) is 5.06 Å². The summed E-state index contributed by atoms with van der Waals surface area (Å²) in [4.78, 5) is 53.9. The van der Waals surface area contributed by atoms with Gasteiger partial charge in [0.1, 0.15) is 10.9 Å². The largest absolute Gasteiger partial charge is 0.344 e. The fraction of sp³-hybridized carbons (Fsp3) is 0.727. The lowest BCUT2D eigenvalue weighted by atomic mass is 9.85. The van der Waals surface area contributed by atoms with Crippen molar-refractivity contribution >= 4 is 35.7 Å². The van der Waals surface area contributed by atoms with Crippen molar-refractivity contribution < 1.29 is 24.4 Å². The molecule has 0 saturated carbocycles. The molecule has 1 aromatic heterocycles. The first-order valence-electron chi connectivity index (χ1n) is 11.6. The van der Waals surface area contributed by atoms with Crippen molar-refractivity contribution in [2.24, 2.45) is 11.3 Å². The number of aromatic nitrogens is 2. The van der Waals surface area contributed by atoms with Gasteiger partial charge in [-0.3, -0.25) is 24.4 Å². The van der Waals surface area contributed by atoms with E-state index in [2.05, 4.69) is 14.9 Å². The van der Waals surface area contributed by atoms with Crippen molar-refractivity contribution in [3.63, 3.8) is 0 Å². The predicted molar refractivity (Wildman–Crippen MR) is 126 cm³/mol. The molecule has 0 aliphatic carbocycles. The summed E-state index contributed by atoms with van der Waals surface area (Å²) in [5, 5.41) is 16.8. The number of aryl methyl sites for hydroxylation is 1. The van der Waals surface area contributed by atoms with Crippen LogP contribution in [0, 0.1) is 18.3 Å². The van der Waals surface area contributed by atoms with Gasteiger partial charge in [-0.05, 0) is 30.3 Å². The van der Waals surface area contributed by atoms with Crippen molar-refractivity contribution in [3.05, 3.63) is 10.6 Å². The van der Waals surface area contributed by atoms with Crippen molar-refractivity contribution in [2.45, 2.75) is 59.9 Å². The zero-order chi connectivity index (χ0) is 25.5. The summed E-state index contributed by atoms with van der Waals surface area (Å²) in [5.41, 5.74) is 0.0296. The van der Waals surface area contributed by atoms with Gasteiger partial charge in [0, 0.05) is 26.2 Å². The predicted octanol–water partition coefficient (Wildman–Crippen LogP) is 1.32. The molecule has 2 N–H and O–H groups in total. The molecule has 0 aromatic carbocycles. The molecule has 34 heavy (non-hydrogen) atoms. The molecular weight excluding hydrogens is 460 g/mol. The molecule has 1 unspecified atom stereocenters. The van der Waals surface area contributed by atoms with E-state index < -0.39 is 17.4 Å². The zero-order valence-corrected chi connectivity index (χ0v) is 21.4. The maximum atomic E-state index is 13.4. The highest BCUT2D eigenvalue weighted by Gasteiger charge is 2.38. The fourth-order valence-electron chi connectivity index (χ4n) is 3.82. The van der Waals surface area contributed by atoms with Crippen LogP contribution in [0.25, 0.3) is 0 Å². The summed E-state index contributed by atoms with van der Waals surface area (Å²) >= 11 is 1.06. The third-order valence-electron chi connectivity index (χ3n) is 5.93. The monoisotopic (exact) mass is 496 g/mol. The van der Waals surface area contributed by atoms with E-state index in [0.29, 0.717) is 48.2 Å². The van der Waals surface area contributed by atoms with Crippen LogP contribution in [0.1, 0.15) is 62.3 Å². The average Bonchev–Trinajstić information content (AvgIpc) is 3.23. The Bertz CT molecular complexity index is 862. The number of piperazine rings is 1. The molecule has 0 bridgehead atoms. The Morgan fingerprint density at radius 3 is 2.32 bits per heavy atom. The molecule has 2 atom stereocenters. The normalized spacial score (nSPS) is 16.1. The summed E-state index contributed by atoms with van der Waals surface area (Å²) in [6.07, 6.45) is 2.37. The van der Waals surface area contributed by atoms with E-state index in [1.54, 1.807) is 16.7 Å². The number of amides is 4. The minimum atomic E-state index is -0.789. The second-order valence-electron chi connectivity index (χ2n) is 9.68. The van der Waals surface area contributed by atoms with Gasteiger partial charge in [-0.15, -0.1) is 5.10 Å². The minimum Gasteiger partial charge on any atom is -0.344 e. The lowest BCUT2D eigenvalue weighted by Gasteiger charge is -2.39. The molecule has 12 heteroatoms. The van der Waals surface area contributed by atoms with E-state index in [9.17, 15) is 24.4 Å². The number of carbonyl (C=O) groups excluding carboxylic acids is 4. The zero-order valence-electron chi connectivity index (χ0n) is 20.6. The van der Waals surface area contributed by atoms with Gasteiger partial charge in [0.05, 0.1) is 18.2 Å². The van der Waals surface area contributed by atoms with E-state index in [1.165, 1.54) is 0 Å². The minimum absolute atomic E-state index is 0.132. The van der Waals surface area contributed by atoms with Crippen LogP contribution in [0.4, 0.5) is 0 Å². The summed E-state index contributed by atoms with van der Waals surface area (Å²) < 4.78 is 3.82. The van der Waals surface area contributed by atoms with Crippen molar-refractivity contribution in [1.29, 1.82) is 0 Å². The Balaban J connectivity index is 2.06. The summed E-state index contributed by atoms with van der Waals surface area (Å²) in [7, 11) is 0. The lowest BCUT2D eigenvalue weighted by Crippen LogP contribution is -2.60. The Morgan fingerprint density at radius 1 is 1.21 bits per heavy atom. The van der Waals surface area contributed by atoms with Crippen LogP contribution in [0.3, 0.4) is 0 Å². The highest BCUT2D eigenvalue weighted by atomic mass is 32.1. The van der Waals surface area contributed by atoms with E-state index in [0.717, 1.165) is 24.4 Å². The molecule has 11 nitrogen and oxygen atoms in total. The molecule has 0 radical (unpaired) electrons. The van der Waals surface area contributed by atoms with Crippen LogP contribution in [0.5, 0.6) is 0 Å². The number of hydrogen-bond donors (Lipinski definition) is 2. The number of carbonyl (C=O) groups is 4. The molecule has 1 fully saturated rings. The van der Waals surface area contributed by atoms with Crippen LogP contribution in [0.2, 0.25) is 0 Å². The molecule has 1 aliphatic rings. The third kappa shape index (κ3) is 7.20. The maximum absolute atomic E-state index is 13.4. The van der Waals surface area contributed by atoms with Gasteiger partial charge in [-0.1, -0.05) is 45.0 Å². The number of rotatable bonds is 10. The Labute approximate surface area is 204 Å². The number of hydroxylamine groups is 2. The molecule has 1 saturated heterocycles. The van der Waals surface area contributed by atoms with Crippen LogP contribution < -0.4 is 5.32 Å². The molecule has 1 aromatic rings. The van der Waals surface area contributed by atoms with E-state index in [-0.39, 0.29) is 30.7 Å². The van der Waals surface area contributed by atoms with Crippen LogP contribution in [0.15, 0.2) is 0 Å². The lowest BCUT2D eigenvalue weighted by molar-refractivity contribution is -0.155. The Hall–Kier alpha value is -2.60. The summed E-state index contributed by atoms with van der Waals surface area (Å²) in [6, 6.07) is -0.789. The maximum Gasteiger partial charge on any atom is 0.267 e. The van der Waals surface area contributed by atoms with Gasteiger partial charge in [-0.2, -0.15) is 0 Å². The quantitative estimate of drug-likeness (QED) is 0.283. The van der Waals surface area contributed by atoms with Crippen molar-refractivity contribution in [1.82, 2.24) is 29.8 Å². The third-order valence-corrected chi connectivity index (χ3v) is 6.75. The van der Waals surface area contributed by atoms with E-state index in [4.69, 9.17) is 0 Å². The van der Waals surface area contributed by atoms with Crippen molar-refractivity contribution in [3.8, 4) is 0 Å². The van der Waals surface area contributed by atoms with E-state index >= 15 is 0 Å². The first-order chi connectivity index (χ1) is 16.0. The Kier molecular flexibility index (Phi) is 9.92. The molecule has 2 heterocycles. The topological polar surface area (TPSA) is 136 Å². The van der Waals surface area contributed by atoms with Crippen LogP contribution in [-0.2, 0) is 14.4 Å². The fourth-order valence-corrected chi connectivity index (χ4v) is 4.44. The molecule has 2 rings (SSSR count). The molecule has 0 spiro atoms. The number of nitrogens with zero attached hydrogens (tertiary/aromatic N) is 5. The summed E-state index contributed by atoms with van der Waals surface area (Å²) in [5.74, 6) is -1.35. The first-order valence-corrected chi connectivity index (χ1v) is 12.3. The SMILES string of the molecule is CCCCC(CN(O)C=O)C(=O)N[C@H](C(=O)N1CCN(C(=O)c2snnc2C)CC1)C(C)(C)C. The average molecular weight is 497 g/mol.